The molecule has 29 heavy (non-hydrogen) atoms. The highest BCUT2D eigenvalue weighted by Crippen LogP contribution is 2.18. The van der Waals surface area contributed by atoms with Crippen molar-refractivity contribution in [1.29, 1.82) is 0 Å². The summed E-state index contributed by atoms with van der Waals surface area (Å²) < 4.78 is 25.8. The molecule has 0 bridgehead atoms. The number of carbonyl (C=O) groups excluding carboxylic acids is 1. The molecule has 1 fully saturated rings. The number of piperidine rings is 1. The highest BCUT2D eigenvalue weighted by molar-refractivity contribution is 7.89. The smallest absolute Gasteiger partial charge is 0.251 e. The summed E-state index contributed by atoms with van der Waals surface area (Å²) in [6.45, 7) is 5.97. The van der Waals surface area contributed by atoms with Gasteiger partial charge in [-0.1, -0.05) is 31.2 Å². The van der Waals surface area contributed by atoms with E-state index in [1.807, 2.05) is 12.1 Å². The van der Waals surface area contributed by atoms with Crippen molar-refractivity contribution in [3.05, 3.63) is 65.2 Å². The third-order valence-corrected chi connectivity index (χ3v) is 6.85. The van der Waals surface area contributed by atoms with Gasteiger partial charge < -0.3 is 5.32 Å². The van der Waals surface area contributed by atoms with E-state index in [1.165, 1.54) is 49.7 Å². The average Bonchev–Trinajstić information content (AvgIpc) is 2.74. The zero-order chi connectivity index (χ0) is 20.9. The normalized spacial score (nSPS) is 15.9. The maximum Gasteiger partial charge on any atom is 0.251 e. The molecule has 1 amide bonds. The SMILES string of the molecule is CNS(=O)(=O)c1ccc(C(=O)NCc2cccc(CN3CCC(C)CC3)c2)cc1. The molecule has 1 aliphatic heterocycles. The lowest BCUT2D eigenvalue weighted by Crippen LogP contribution is -2.32. The van der Waals surface area contributed by atoms with Crippen LogP contribution in [0.5, 0.6) is 0 Å². The number of carbonyl (C=O) groups is 1. The highest BCUT2D eigenvalue weighted by Gasteiger charge is 2.16. The largest absolute Gasteiger partial charge is 0.348 e. The van der Waals surface area contributed by atoms with Crippen LogP contribution in [0.2, 0.25) is 0 Å². The van der Waals surface area contributed by atoms with Crippen molar-refractivity contribution in [1.82, 2.24) is 14.9 Å². The maximum absolute atomic E-state index is 12.4. The first kappa shape index (κ1) is 21.5. The van der Waals surface area contributed by atoms with Crippen molar-refractivity contribution in [2.45, 2.75) is 37.8 Å². The van der Waals surface area contributed by atoms with Crippen LogP contribution in [0.25, 0.3) is 0 Å². The van der Waals surface area contributed by atoms with E-state index < -0.39 is 10.0 Å². The summed E-state index contributed by atoms with van der Waals surface area (Å²) in [5, 5.41) is 2.91. The summed E-state index contributed by atoms with van der Waals surface area (Å²) in [5.41, 5.74) is 2.74. The van der Waals surface area contributed by atoms with Crippen molar-refractivity contribution in [3.63, 3.8) is 0 Å². The molecule has 2 aromatic rings. The van der Waals surface area contributed by atoms with Gasteiger partial charge in [0.2, 0.25) is 10.0 Å². The van der Waals surface area contributed by atoms with Crippen molar-refractivity contribution in [2.24, 2.45) is 5.92 Å². The number of likely N-dealkylation sites (tertiary alicyclic amines) is 1. The van der Waals surface area contributed by atoms with E-state index in [-0.39, 0.29) is 10.8 Å². The second kappa shape index (κ2) is 9.52. The first-order valence-corrected chi connectivity index (χ1v) is 11.5. The van der Waals surface area contributed by atoms with Crippen LogP contribution in [0.3, 0.4) is 0 Å². The van der Waals surface area contributed by atoms with Gasteiger partial charge in [-0.15, -0.1) is 0 Å². The topological polar surface area (TPSA) is 78.5 Å². The molecule has 7 heteroatoms. The molecule has 0 saturated carbocycles. The summed E-state index contributed by atoms with van der Waals surface area (Å²) in [5.74, 6) is 0.592. The molecule has 3 rings (SSSR count). The molecule has 6 nitrogen and oxygen atoms in total. The lowest BCUT2D eigenvalue weighted by Gasteiger charge is -2.30. The second-order valence-electron chi connectivity index (χ2n) is 7.69. The van der Waals surface area contributed by atoms with Crippen LogP contribution in [-0.4, -0.2) is 39.4 Å². The Labute approximate surface area is 173 Å². The average molecular weight is 416 g/mol. The van der Waals surface area contributed by atoms with Gasteiger partial charge in [0.15, 0.2) is 0 Å². The second-order valence-corrected chi connectivity index (χ2v) is 9.58. The standard InChI is InChI=1S/C22H29N3O3S/c1-17-10-12-25(13-11-17)16-19-5-3-4-18(14-19)15-24-22(26)20-6-8-21(9-7-20)29(27,28)23-2/h3-9,14,17,23H,10-13,15-16H2,1-2H3,(H,24,26). The Hall–Kier alpha value is -2.22. The summed E-state index contributed by atoms with van der Waals surface area (Å²) in [4.78, 5) is 15.0. The van der Waals surface area contributed by atoms with Gasteiger partial charge in [-0.2, -0.15) is 0 Å². The molecule has 2 N–H and O–H groups in total. The Morgan fingerprint density at radius 1 is 1.07 bits per heavy atom. The number of benzene rings is 2. The van der Waals surface area contributed by atoms with Crippen LogP contribution < -0.4 is 10.0 Å². The van der Waals surface area contributed by atoms with Crippen molar-refractivity contribution >= 4 is 15.9 Å². The third kappa shape index (κ3) is 5.88. The first-order chi connectivity index (χ1) is 13.9. The fourth-order valence-electron chi connectivity index (χ4n) is 3.50. The van der Waals surface area contributed by atoms with Crippen LogP contribution in [0.4, 0.5) is 0 Å². The molecule has 0 aliphatic carbocycles. The maximum atomic E-state index is 12.4. The number of hydrogen-bond donors (Lipinski definition) is 2. The summed E-state index contributed by atoms with van der Waals surface area (Å²) >= 11 is 0. The fourth-order valence-corrected chi connectivity index (χ4v) is 4.23. The summed E-state index contributed by atoms with van der Waals surface area (Å²) in [6, 6.07) is 14.2. The minimum Gasteiger partial charge on any atom is -0.348 e. The minimum atomic E-state index is -3.50. The van der Waals surface area contributed by atoms with Crippen molar-refractivity contribution in [3.8, 4) is 0 Å². The van der Waals surface area contributed by atoms with Crippen LogP contribution in [0.1, 0.15) is 41.3 Å². The molecule has 1 saturated heterocycles. The molecule has 1 heterocycles. The van der Waals surface area contributed by atoms with Crippen molar-refractivity contribution in [2.75, 3.05) is 20.1 Å². The van der Waals surface area contributed by atoms with Crippen LogP contribution in [0.15, 0.2) is 53.4 Å². The Bertz CT molecular complexity index is 934. The van der Waals surface area contributed by atoms with Gasteiger partial charge in [0.25, 0.3) is 5.91 Å². The van der Waals surface area contributed by atoms with Crippen LogP contribution in [-0.2, 0) is 23.1 Å². The van der Waals surface area contributed by atoms with E-state index in [4.69, 9.17) is 0 Å². The van der Waals surface area contributed by atoms with Crippen LogP contribution >= 0.6 is 0 Å². The Morgan fingerprint density at radius 3 is 2.38 bits per heavy atom. The molecule has 1 aliphatic rings. The molecule has 2 aromatic carbocycles. The Balaban J connectivity index is 1.56. The van der Waals surface area contributed by atoms with E-state index >= 15 is 0 Å². The first-order valence-electron chi connectivity index (χ1n) is 9.99. The third-order valence-electron chi connectivity index (χ3n) is 5.42. The number of hydrogen-bond acceptors (Lipinski definition) is 4. The quantitative estimate of drug-likeness (QED) is 0.729. The lowest BCUT2D eigenvalue weighted by molar-refractivity contribution is 0.0951. The van der Waals surface area contributed by atoms with Crippen molar-refractivity contribution < 1.29 is 13.2 Å². The zero-order valence-corrected chi connectivity index (χ0v) is 17.8. The summed E-state index contributed by atoms with van der Waals surface area (Å²) in [6.07, 6.45) is 2.51. The van der Waals surface area contributed by atoms with E-state index in [1.54, 1.807) is 0 Å². The predicted octanol–water partition coefficient (Wildman–Crippen LogP) is 2.76. The Kier molecular flexibility index (Phi) is 7.05. The number of sulfonamides is 1. The lowest BCUT2D eigenvalue weighted by atomic mass is 9.98. The minimum absolute atomic E-state index is 0.136. The van der Waals surface area contributed by atoms with E-state index in [9.17, 15) is 13.2 Å². The van der Waals surface area contributed by atoms with Gasteiger partial charge in [-0.3, -0.25) is 9.69 Å². The summed E-state index contributed by atoms with van der Waals surface area (Å²) in [7, 11) is -2.14. The van der Waals surface area contributed by atoms with Crippen LogP contribution in [0, 0.1) is 5.92 Å². The molecule has 0 radical (unpaired) electrons. The van der Waals surface area contributed by atoms with E-state index in [0.717, 1.165) is 31.1 Å². The van der Waals surface area contributed by atoms with Gasteiger partial charge in [0.1, 0.15) is 0 Å². The van der Waals surface area contributed by atoms with Gasteiger partial charge in [-0.05, 0) is 74.3 Å². The molecule has 0 aromatic heterocycles. The number of nitrogens with zero attached hydrogens (tertiary/aromatic N) is 1. The molecule has 0 unspecified atom stereocenters. The molecule has 0 atom stereocenters. The number of nitrogens with one attached hydrogen (secondary N) is 2. The zero-order valence-electron chi connectivity index (χ0n) is 17.0. The van der Waals surface area contributed by atoms with Gasteiger partial charge >= 0.3 is 0 Å². The van der Waals surface area contributed by atoms with Gasteiger partial charge in [-0.25, -0.2) is 13.1 Å². The van der Waals surface area contributed by atoms with Gasteiger partial charge in [0.05, 0.1) is 4.90 Å². The molecule has 0 spiro atoms. The number of amides is 1. The highest BCUT2D eigenvalue weighted by atomic mass is 32.2. The predicted molar refractivity (Wildman–Crippen MR) is 114 cm³/mol. The monoisotopic (exact) mass is 415 g/mol. The van der Waals surface area contributed by atoms with E-state index in [0.29, 0.717) is 12.1 Å². The number of rotatable bonds is 7. The Morgan fingerprint density at radius 2 is 1.72 bits per heavy atom. The molecular weight excluding hydrogens is 386 g/mol. The van der Waals surface area contributed by atoms with E-state index in [2.05, 4.69) is 34.0 Å². The fraction of sp³-hybridized carbons (Fsp3) is 0.409. The van der Waals surface area contributed by atoms with Gasteiger partial charge in [0, 0.05) is 18.7 Å². The molecule has 156 valence electrons. The molecular formula is C22H29N3O3S.